The predicted octanol–water partition coefficient (Wildman–Crippen LogP) is 4.39. The van der Waals surface area contributed by atoms with Crippen molar-refractivity contribution in [1.82, 2.24) is 25.1 Å². The molecule has 1 aliphatic carbocycles. The van der Waals surface area contributed by atoms with E-state index in [0.717, 1.165) is 25.0 Å². The van der Waals surface area contributed by atoms with E-state index in [1.54, 1.807) is 12.1 Å². The molecular weight excluding hydrogens is 415 g/mol. The first-order valence-corrected chi connectivity index (χ1v) is 12.0. The van der Waals surface area contributed by atoms with E-state index >= 15 is 0 Å². The highest BCUT2D eigenvalue weighted by Crippen LogP contribution is 2.40. The number of H-pyrrole nitrogens is 2. The highest BCUT2D eigenvalue weighted by atomic mass is 32.2. The Hall–Kier alpha value is -2.52. The number of nitrogens with one attached hydrogen (secondary N) is 4. The Morgan fingerprint density at radius 3 is 3.00 bits per heavy atom. The number of hydrogen-bond donors (Lipinski definition) is 4. The van der Waals surface area contributed by atoms with E-state index in [0.29, 0.717) is 39.7 Å². The predicted molar refractivity (Wildman–Crippen MR) is 118 cm³/mol. The Kier molecular flexibility index (Phi) is 5.39. The number of anilines is 2. The minimum Gasteiger partial charge on any atom is -0.336 e. The summed E-state index contributed by atoms with van der Waals surface area (Å²) in [6.45, 7) is 4.67. The molecule has 0 saturated heterocycles. The monoisotopic (exact) mass is 442 g/mol. The number of nitrogens with zero attached hydrogens (tertiary/aromatic N) is 2. The topological polar surface area (TPSA) is 98.5 Å². The number of hydrogen-bond acceptors (Lipinski definition) is 4. The van der Waals surface area contributed by atoms with Crippen LogP contribution >= 0.6 is 0 Å². The average Bonchev–Trinajstić information content (AvgIpc) is 3.52. The van der Waals surface area contributed by atoms with Crippen LogP contribution in [0, 0.1) is 11.7 Å². The fourth-order valence-corrected chi connectivity index (χ4v) is 5.82. The third-order valence-corrected chi connectivity index (χ3v) is 7.68. The van der Waals surface area contributed by atoms with Crippen LogP contribution in [0.25, 0.3) is 0 Å². The van der Waals surface area contributed by atoms with E-state index in [-0.39, 0.29) is 12.4 Å². The van der Waals surface area contributed by atoms with Gasteiger partial charge in [0.15, 0.2) is 11.6 Å². The number of aromatic nitrogens is 4. The number of aromatic amines is 2. The summed E-state index contributed by atoms with van der Waals surface area (Å²) >= 11 is 0. The molecule has 1 aliphatic heterocycles. The fourth-order valence-electron chi connectivity index (χ4n) is 4.82. The Morgan fingerprint density at radius 2 is 2.16 bits per heavy atom. The summed E-state index contributed by atoms with van der Waals surface area (Å²) in [5, 5.41) is 18.0. The van der Waals surface area contributed by atoms with Crippen molar-refractivity contribution in [3.63, 3.8) is 0 Å². The van der Waals surface area contributed by atoms with Crippen LogP contribution in [-0.4, -0.2) is 24.6 Å². The number of halogens is 1. The first-order chi connectivity index (χ1) is 15.0. The second-order valence-corrected chi connectivity index (χ2v) is 10.1. The molecule has 3 atom stereocenters. The maximum Gasteiger partial charge on any atom is 0.152 e. The fraction of sp³-hybridized carbons (Fsp3) is 0.455. The molecule has 3 unspecified atom stereocenters. The summed E-state index contributed by atoms with van der Waals surface area (Å²) < 4.78 is 29.3. The van der Waals surface area contributed by atoms with Crippen LogP contribution in [0.15, 0.2) is 29.3 Å². The van der Waals surface area contributed by atoms with Crippen molar-refractivity contribution >= 4 is 22.5 Å². The molecule has 2 aromatic heterocycles. The Morgan fingerprint density at radius 1 is 1.29 bits per heavy atom. The molecule has 5 rings (SSSR count). The van der Waals surface area contributed by atoms with Crippen molar-refractivity contribution < 1.29 is 8.60 Å². The zero-order valence-electron chi connectivity index (χ0n) is 17.7. The van der Waals surface area contributed by atoms with Crippen LogP contribution in [-0.2, 0) is 24.0 Å². The van der Waals surface area contributed by atoms with Crippen LogP contribution in [0.5, 0.6) is 0 Å². The molecule has 4 N–H and O–H groups in total. The van der Waals surface area contributed by atoms with E-state index in [1.165, 1.54) is 17.7 Å². The third-order valence-electron chi connectivity index (χ3n) is 6.49. The van der Waals surface area contributed by atoms with Gasteiger partial charge in [-0.05, 0) is 55.2 Å². The highest BCUT2D eigenvalue weighted by Gasteiger charge is 2.29. The molecule has 3 aromatic rings. The van der Waals surface area contributed by atoms with Gasteiger partial charge >= 0.3 is 0 Å². The van der Waals surface area contributed by atoms with Gasteiger partial charge in [-0.15, -0.1) is 0 Å². The minimum atomic E-state index is -1.33. The molecule has 164 valence electrons. The summed E-state index contributed by atoms with van der Waals surface area (Å²) in [6.07, 6.45) is 6.36. The second kappa shape index (κ2) is 8.20. The van der Waals surface area contributed by atoms with Crippen molar-refractivity contribution in [3.05, 3.63) is 52.7 Å². The van der Waals surface area contributed by atoms with Crippen molar-refractivity contribution in [2.24, 2.45) is 5.92 Å². The lowest BCUT2D eigenvalue weighted by molar-refractivity contribution is 0.523. The van der Waals surface area contributed by atoms with E-state index in [9.17, 15) is 8.60 Å². The van der Waals surface area contributed by atoms with Crippen LogP contribution in [0.1, 0.15) is 67.5 Å². The van der Waals surface area contributed by atoms with Gasteiger partial charge in [-0.1, -0.05) is 13.8 Å². The average molecular weight is 443 g/mol. The van der Waals surface area contributed by atoms with Gasteiger partial charge in [-0.25, -0.2) is 13.3 Å². The van der Waals surface area contributed by atoms with E-state index in [1.807, 2.05) is 12.3 Å². The van der Waals surface area contributed by atoms with Crippen molar-refractivity contribution in [2.45, 2.75) is 62.8 Å². The number of fused-ring (bicyclic) bond motifs is 1. The molecule has 1 aromatic carbocycles. The number of rotatable bonds is 6. The quantitative estimate of drug-likeness (QED) is 0.455. The molecule has 7 nitrogen and oxygen atoms in total. The first kappa shape index (κ1) is 20.4. The maximum absolute atomic E-state index is 14.8. The largest absolute Gasteiger partial charge is 0.336 e. The summed E-state index contributed by atoms with van der Waals surface area (Å²) in [5.74, 6) is 1.74. The van der Waals surface area contributed by atoms with Gasteiger partial charge in [0.2, 0.25) is 0 Å². The smallest absolute Gasteiger partial charge is 0.152 e. The standard InChI is InChI=1S/C22H27FN6OS/c1-12(2)15-10-24-27-19(15)8-13-3-4-14(7-13)18-9-21(29-28-18)26-17-5-6-20-16(22(17)23)11-25-31(20)30/h5-6,9-10,12-14,25H,3-4,7-8,11H2,1-2H3,(H,24,27)(H2,26,28,29). The molecule has 9 heteroatoms. The molecule has 0 spiro atoms. The third kappa shape index (κ3) is 3.92. The molecule has 0 amide bonds. The molecule has 0 bridgehead atoms. The first-order valence-electron chi connectivity index (χ1n) is 10.8. The SMILES string of the molecule is CC(C)c1cn[nH]c1CC1CCC(c2cc(Nc3ccc4c(c3F)CNS4=O)n[nH]2)C1. The Bertz CT molecular complexity index is 1120. The van der Waals surface area contributed by atoms with E-state index < -0.39 is 11.0 Å². The lowest BCUT2D eigenvalue weighted by Gasteiger charge is -2.12. The minimum absolute atomic E-state index is 0.271. The molecule has 1 fully saturated rings. The zero-order valence-corrected chi connectivity index (χ0v) is 18.5. The lowest BCUT2D eigenvalue weighted by Crippen LogP contribution is -2.05. The van der Waals surface area contributed by atoms with E-state index in [4.69, 9.17) is 0 Å². The molecule has 0 radical (unpaired) electrons. The van der Waals surface area contributed by atoms with Gasteiger partial charge in [0.25, 0.3) is 0 Å². The second-order valence-electron chi connectivity index (χ2n) is 8.87. The van der Waals surface area contributed by atoms with Crippen molar-refractivity contribution in [1.29, 1.82) is 0 Å². The van der Waals surface area contributed by atoms with Crippen LogP contribution in [0.4, 0.5) is 15.9 Å². The molecular formula is C22H27FN6OS. The molecule has 31 heavy (non-hydrogen) atoms. The molecule has 2 aliphatic rings. The van der Waals surface area contributed by atoms with Gasteiger partial charge in [0.1, 0.15) is 11.0 Å². The van der Waals surface area contributed by atoms with Gasteiger partial charge in [0.05, 0.1) is 16.8 Å². The molecule has 1 saturated carbocycles. The normalized spacial score (nSPS) is 22.9. The Labute approximate surface area is 183 Å². The van der Waals surface area contributed by atoms with Crippen molar-refractivity contribution in [2.75, 3.05) is 5.32 Å². The zero-order chi connectivity index (χ0) is 21.5. The van der Waals surface area contributed by atoms with Crippen LogP contribution in [0.2, 0.25) is 0 Å². The van der Waals surface area contributed by atoms with Gasteiger partial charge in [-0.2, -0.15) is 10.2 Å². The van der Waals surface area contributed by atoms with Gasteiger partial charge in [-0.3, -0.25) is 10.2 Å². The van der Waals surface area contributed by atoms with E-state index in [2.05, 4.69) is 44.3 Å². The highest BCUT2D eigenvalue weighted by molar-refractivity contribution is 7.83. The Balaban J connectivity index is 1.24. The summed E-state index contributed by atoms with van der Waals surface area (Å²) in [7, 11) is -1.33. The lowest BCUT2D eigenvalue weighted by atomic mass is 9.94. The number of benzene rings is 1. The van der Waals surface area contributed by atoms with Gasteiger partial charge < -0.3 is 5.32 Å². The summed E-state index contributed by atoms with van der Waals surface area (Å²) in [5.41, 5.74) is 4.46. The van der Waals surface area contributed by atoms with Crippen molar-refractivity contribution in [3.8, 4) is 0 Å². The summed E-state index contributed by atoms with van der Waals surface area (Å²) in [6, 6.07) is 5.30. The summed E-state index contributed by atoms with van der Waals surface area (Å²) in [4.78, 5) is 0.514. The molecule has 3 heterocycles. The van der Waals surface area contributed by atoms with Crippen LogP contribution in [0.3, 0.4) is 0 Å². The maximum atomic E-state index is 14.8. The van der Waals surface area contributed by atoms with Crippen LogP contribution < -0.4 is 10.0 Å². The van der Waals surface area contributed by atoms with Gasteiger partial charge in [0, 0.05) is 35.5 Å².